The minimum atomic E-state index is -1.04. The van der Waals surface area contributed by atoms with E-state index in [0.717, 1.165) is 5.56 Å². The number of para-hydroxylation sites is 1. The first-order valence-electron chi connectivity index (χ1n) is 12.2. The second kappa shape index (κ2) is 9.78. The number of amides is 1. The van der Waals surface area contributed by atoms with E-state index in [2.05, 4.69) is 4.98 Å². The summed E-state index contributed by atoms with van der Waals surface area (Å²) < 4.78 is 25.0. The van der Waals surface area contributed by atoms with Crippen molar-refractivity contribution in [3.05, 3.63) is 101 Å². The highest BCUT2D eigenvalue weighted by Crippen LogP contribution is 2.37. The molecular weight excluding hydrogens is 487 g/mol. The molecule has 0 saturated carbocycles. The van der Waals surface area contributed by atoms with Crippen LogP contribution in [0.25, 0.3) is 11.5 Å². The minimum Gasteiger partial charge on any atom is -0.487 e. The van der Waals surface area contributed by atoms with Gasteiger partial charge in [-0.25, -0.2) is 14.2 Å². The summed E-state index contributed by atoms with van der Waals surface area (Å²) in [5, 5.41) is 9.83. The van der Waals surface area contributed by atoms with Crippen LogP contribution in [0.15, 0.2) is 77.2 Å². The predicted molar refractivity (Wildman–Crippen MR) is 139 cm³/mol. The van der Waals surface area contributed by atoms with Crippen LogP contribution in [0.2, 0.25) is 0 Å². The van der Waals surface area contributed by atoms with Crippen LogP contribution in [-0.4, -0.2) is 28.0 Å². The van der Waals surface area contributed by atoms with E-state index in [9.17, 15) is 19.1 Å². The number of carbonyl (C=O) groups is 2. The van der Waals surface area contributed by atoms with Gasteiger partial charge in [0.2, 0.25) is 11.8 Å². The van der Waals surface area contributed by atoms with E-state index in [1.54, 1.807) is 63.2 Å². The lowest BCUT2D eigenvalue weighted by Crippen LogP contribution is -2.50. The number of hydrogen-bond acceptors (Lipinski definition) is 5. The van der Waals surface area contributed by atoms with Gasteiger partial charge in [-0.1, -0.05) is 30.3 Å². The molecule has 1 aromatic heterocycles. The molecule has 0 bridgehead atoms. The van der Waals surface area contributed by atoms with Gasteiger partial charge in [0, 0.05) is 17.7 Å². The zero-order valence-electron chi connectivity index (χ0n) is 21.3. The van der Waals surface area contributed by atoms with E-state index in [1.807, 2.05) is 18.2 Å². The molecule has 38 heavy (non-hydrogen) atoms. The van der Waals surface area contributed by atoms with E-state index in [4.69, 9.17) is 9.15 Å². The van der Waals surface area contributed by atoms with Crippen molar-refractivity contribution in [1.29, 1.82) is 0 Å². The lowest BCUT2D eigenvalue weighted by atomic mass is 9.82. The molecule has 0 unspecified atom stereocenters. The third-order valence-corrected chi connectivity index (χ3v) is 6.93. The molecule has 7 nitrogen and oxygen atoms in total. The van der Waals surface area contributed by atoms with Gasteiger partial charge in [-0.3, -0.25) is 9.69 Å². The van der Waals surface area contributed by atoms with Crippen molar-refractivity contribution < 1.29 is 28.2 Å². The highest BCUT2D eigenvalue weighted by molar-refractivity contribution is 6.06. The SMILES string of the molecule is Cc1oc(-c2ccc(F)cc2)nc1COc1cccc(C(C)(C)C(=O)N2c3ccccc3C[C@@H]2C(=O)O)c1. The number of hydrogen-bond donors (Lipinski definition) is 1. The Morgan fingerprint density at radius 2 is 1.84 bits per heavy atom. The molecule has 8 heteroatoms. The molecular formula is C30H27FN2O5. The third-order valence-electron chi connectivity index (χ3n) is 6.93. The topological polar surface area (TPSA) is 92.9 Å². The number of aromatic nitrogens is 1. The van der Waals surface area contributed by atoms with Crippen LogP contribution >= 0.6 is 0 Å². The minimum absolute atomic E-state index is 0.134. The van der Waals surface area contributed by atoms with Crippen LogP contribution in [0.3, 0.4) is 0 Å². The number of aryl methyl sites for hydroxylation is 1. The highest BCUT2D eigenvalue weighted by atomic mass is 19.1. The molecule has 3 aromatic carbocycles. The molecule has 194 valence electrons. The predicted octanol–water partition coefficient (Wildman–Crippen LogP) is 5.69. The zero-order chi connectivity index (χ0) is 27.0. The first-order chi connectivity index (χ1) is 18.1. The molecule has 1 aliphatic rings. The van der Waals surface area contributed by atoms with E-state index in [1.165, 1.54) is 17.0 Å². The van der Waals surface area contributed by atoms with Crippen molar-refractivity contribution >= 4 is 17.6 Å². The molecule has 0 spiro atoms. The van der Waals surface area contributed by atoms with Crippen LogP contribution in [0.1, 0.15) is 36.4 Å². The number of halogens is 1. The van der Waals surface area contributed by atoms with Crippen LogP contribution < -0.4 is 9.64 Å². The van der Waals surface area contributed by atoms with Crippen LogP contribution in [0.5, 0.6) is 5.75 Å². The van der Waals surface area contributed by atoms with Crippen molar-refractivity contribution in [3.8, 4) is 17.2 Å². The number of rotatable bonds is 7. The number of carboxylic acid groups (broad SMARTS) is 1. The molecule has 0 fully saturated rings. The van der Waals surface area contributed by atoms with Gasteiger partial charge in [0.25, 0.3) is 0 Å². The number of carbonyl (C=O) groups excluding carboxylic acids is 1. The number of fused-ring (bicyclic) bond motifs is 1. The van der Waals surface area contributed by atoms with Gasteiger partial charge in [0.05, 0.1) is 5.41 Å². The fraction of sp³-hybridized carbons (Fsp3) is 0.233. The van der Waals surface area contributed by atoms with E-state index < -0.39 is 17.4 Å². The zero-order valence-corrected chi connectivity index (χ0v) is 21.3. The summed E-state index contributed by atoms with van der Waals surface area (Å²) in [4.78, 5) is 31.7. The van der Waals surface area contributed by atoms with Crippen molar-refractivity contribution in [1.82, 2.24) is 4.98 Å². The summed E-state index contributed by atoms with van der Waals surface area (Å²) in [6.45, 7) is 5.48. The number of nitrogens with zero attached hydrogens (tertiary/aromatic N) is 2. The first kappa shape index (κ1) is 25.2. The summed E-state index contributed by atoms with van der Waals surface area (Å²) in [7, 11) is 0. The number of anilines is 1. The molecule has 2 heterocycles. The number of carboxylic acids is 1. The summed E-state index contributed by atoms with van der Waals surface area (Å²) >= 11 is 0. The normalized spacial score (nSPS) is 14.8. The maximum absolute atomic E-state index is 13.8. The number of benzene rings is 3. The Bertz CT molecular complexity index is 1510. The van der Waals surface area contributed by atoms with Crippen molar-refractivity contribution in [2.75, 3.05) is 4.90 Å². The van der Waals surface area contributed by atoms with Crippen LogP contribution in [-0.2, 0) is 28.0 Å². The molecule has 0 saturated heterocycles. The van der Waals surface area contributed by atoms with E-state index in [0.29, 0.717) is 39.9 Å². The van der Waals surface area contributed by atoms with Gasteiger partial charge in [-0.15, -0.1) is 0 Å². The Kier molecular flexibility index (Phi) is 6.48. The fourth-order valence-corrected chi connectivity index (χ4v) is 4.66. The molecule has 5 rings (SSSR count). The van der Waals surface area contributed by atoms with Gasteiger partial charge in [-0.05, 0) is 74.4 Å². The summed E-state index contributed by atoms with van der Waals surface area (Å²) in [5.41, 5.74) is 2.39. The van der Waals surface area contributed by atoms with E-state index in [-0.39, 0.29) is 24.8 Å². The van der Waals surface area contributed by atoms with Gasteiger partial charge in [0.15, 0.2) is 0 Å². The largest absolute Gasteiger partial charge is 0.487 e. The molecule has 1 N–H and O–H groups in total. The molecule has 1 amide bonds. The van der Waals surface area contributed by atoms with Crippen molar-refractivity contribution in [2.24, 2.45) is 0 Å². The maximum Gasteiger partial charge on any atom is 0.327 e. The van der Waals surface area contributed by atoms with Crippen molar-refractivity contribution in [2.45, 2.75) is 45.3 Å². The molecule has 1 aliphatic heterocycles. The van der Waals surface area contributed by atoms with Crippen LogP contribution in [0, 0.1) is 12.7 Å². The quantitative estimate of drug-likeness (QED) is 0.341. The standard InChI is InChI=1S/C30H27FN2O5/c1-18-24(32-27(38-18)19-11-13-22(31)14-12-19)17-37-23-9-6-8-21(16-23)30(2,3)29(36)33-25-10-5-4-7-20(25)15-26(33)28(34)35/h4-14,16,26H,15,17H2,1-3H3,(H,34,35)/t26-/m1/s1. The number of aliphatic carboxylic acids is 1. The average molecular weight is 515 g/mol. The van der Waals surface area contributed by atoms with Crippen LogP contribution in [0.4, 0.5) is 10.1 Å². The second-order valence-electron chi connectivity index (χ2n) is 9.83. The van der Waals surface area contributed by atoms with Crippen molar-refractivity contribution in [3.63, 3.8) is 0 Å². The number of oxazole rings is 1. The Hall–Kier alpha value is -4.46. The molecule has 0 radical (unpaired) electrons. The van der Waals surface area contributed by atoms with Gasteiger partial charge < -0.3 is 14.3 Å². The summed E-state index contributed by atoms with van der Waals surface area (Å²) in [6.07, 6.45) is 0.271. The lowest BCUT2D eigenvalue weighted by molar-refractivity contribution is -0.140. The van der Waals surface area contributed by atoms with Gasteiger partial charge in [-0.2, -0.15) is 0 Å². The Labute approximate surface area is 219 Å². The molecule has 0 aliphatic carbocycles. The Morgan fingerprint density at radius 1 is 1.11 bits per heavy atom. The second-order valence-corrected chi connectivity index (χ2v) is 9.83. The highest BCUT2D eigenvalue weighted by Gasteiger charge is 2.44. The van der Waals surface area contributed by atoms with E-state index >= 15 is 0 Å². The smallest absolute Gasteiger partial charge is 0.327 e. The Balaban J connectivity index is 1.35. The number of ether oxygens (including phenoxy) is 1. The average Bonchev–Trinajstić information content (AvgIpc) is 3.48. The first-order valence-corrected chi connectivity index (χ1v) is 12.2. The fourth-order valence-electron chi connectivity index (χ4n) is 4.66. The lowest BCUT2D eigenvalue weighted by Gasteiger charge is -2.32. The third kappa shape index (κ3) is 4.65. The monoisotopic (exact) mass is 514 g/mol. The van der Waals surface area contributed by atoms with Gasteiger partial charge >= 0.3 is 5.97 Å². The van der Waals surface area contributed by atoms with Gasteiger partial charge in [0.1, 0.15) is 35.7 Å². The molecule has 4 aromatic rings. The maximum atomic E-state index is 13.8. The summed E-state index contributed by atoms with van der Waals surface area (Å²) in [5.74, 6) is -0.183. The Morgan fingerprint density at radius 3 is 2.58 bits per heavy atom. The summed E-state index contributed by atoms with van der Waals surface area (Å²) in [6, 6.07) is 19.4. The molecule has 1 atom stereocenters.